The van der Waals surface area contributed by atoms with Gasteiger partial charge in [0.2, 0.25) is 0 Å². The van der Waals surface area contributed by atoms with E-state index in [0.29, 0.717) is 3.57 Å². The summed E-state index contributed by atoms with van der Waals surface area (Å²) in [5.41, 5.74) is -1.23. The van der Waals surface area contributed by atoms with Gasteiger partial charge >= 0.3 is 5.97 Å². The molecular weight excluding hydrogens is 411 g/mol. The molecular formula is C13H6F2IN3O3. The lowest BCUT2D eigenvalue weighted by Gasteiger charge is -2.11. The molecule has 3 rings (SSSR count). The van der Waals surface area contributed by atoms with Crippen molar-refractivity contribution < 1.29 is 23.2 Å². The zero-order valence-corrected chi connectivity index (χ0v) is 12.8. The number of aromatic carboxylic acids is 1. The molecule has 112 valence electrons. The van der Waals surface area contributed by atoms with E-state index < -0.39 is 28.9 Å². The van der Waals surface area contributed by atoms with Crippen LogP contribution < -0.4 is 5.32 Å². The molecule has 0 saturated heterocycles. The van der Waals surface area contributed by atoms with Crippen LogP contribution in [-0.2, 0) is 0 Å². The second-order valence-electron chi connectivity index (χ2n) is 4.29. The molecule has 0 unspecified atom stereocenters. The Balaban J connectivity index is 2.18. The molecule has 0 aliphatic heterocycles. The second kappa shape index (κ2) is 5.48. The molecule has 0 saturated carbocycles. The normalized spacial score (nSPS) is 10.9. The summed E-state index contributed by atoms with van der Waals surface area (Å²) in [5.74, 6) is -3.01. The zero-order valence-electron chi connectivity index (χ0n) is 10.6. The Morgan fingerprint density at radius 2 is 2.09 bits per heavy atom. The summed E-state index contributed by atoms with van der Waals surface area (Å²) in [6, 6.07) is 5.29. The predicted octanol–water partition coefficient (Wildman–Crippen LogP) is 3.55. The molecule has 0 amide bonds. The van der Waals surface area contributed by atoms with Crippen molar-refractivity contribution in [2.45, 2.75) is 0 Å². The minimum Gasteiger partial charge on any atom is -0.478 e. The number of carboxylic acids is 1. The van der Waals surface area contributed by atoms with Gasteiger partial charge in [0.05, 0.1) is 16.9 Å². The number of nitrogens with one attached hydrogen (secondary N) is 1. The SMILES string of the molecule is O=C(O)c1cc2onnc2c(F)c1Nc1ccc(I)cc1F. The maximum absolute atomic E-state index is 14.4. The monoisotopic (exact) mass is 417 g/mol. The van der Waals surface area contributed by atoms with Crippen molar-refractivity contribution in [2.24, 2.45) is 0 Å². The minimum atomic E-state index is -1.40. The smallest absolute Gasteiger partial charge is 0.338 e. The predicted molar refractivity (Wildman–Crippen MR) is 81.1 cm³/mol. The van der Waals surface area contributed by atoms with Crippen LogP contribution in [0.25, 0.3) is 11.1 Å². The first-order valence-corrected chi connectivity index (χ1v) is 6.95. The van der Waals surface area contributed by atoms with E-state index in [4.69, 9.17) is 0 Å². The molecule has 2 aromatic carbocycles. The van der Waals surface area contributed by atoms with Crippen LogP contribution in [0, 0.1) is 15.2 Å². The molecule has 1 heterocycles. The van der Waals surface area contributed by atoms with Gasteiger partial charge in [0.1, 0.15) is 5.82 Å². The average Bonchev–Trinajstić information content (AvgIpc) is 2.92. The van der Waals surface area contributed by atoms with E-state index >= 15 is 0 Å². The average molecular weight is 417 g/mol. The maximum Gasteiger partial charge on any atom is 0.338 e. The number of fused-ring (bicyclic) bond motifs is 1. The fraction of sp³-hybridized carbons (Fsp3) is 0. The number of aromatic nitrogens is 2. The summed E-state index contributed by atoms with van der Waals surface area (Å²) >= 11 is 1.92. The Kier molecular flexibility index (Phi) is 3.64. The number of carboxylic acid groups (broad SMARTS) is 1. The highest BCUT2D eigenvalue weighted by Crippen LogP contribution is 2.31. The third kappa shape index (κ3) is 2.47. The van der Waals surface area contributed by atoms with Crippen LogP contribution in [-0.4, -0.2) is 21.4 Å². The first-order chi connectivity index (χ1) is 10.5. The van der Waals surface area contributed by atoms with E-state index in [1.54, 1.807) is 6.07 Å². The van der Waals surface area contributed by atoms with Crippen molar-refractivity contribution in [1.29, 1.82) is 0 Å². The zero-order chi connectivity index (χ0) is 15.9. The standard InChI is InChI=1S/C13H6F2IN3O3/c14-7-3-5(16)1-2-8(7)17-11-6(13(20)21)4-9-12(10(11)15)18-19-22-9/h1-4,17H,(H,20,21). The van der Waals surface area contributed by atoms with Crippen LogP contribution in [0.4, 0.5) is 20.2 Å². The molecule has 0 spiro atoms. The Hall–Kier alpha value is -2.30. The molecule has 9 heteroatoms. The van der Waals surface area contributed by atoms with Gasteiger partial charge in [0.15, 0.2) is 16.9 Å². The molecule has 0 aliphatic carbocycles. The summed E-state index contributed by atoms with van der Waals surface area (Å²) in [6.07, 6.45) is 0. The summed E-state index contributed by atoms with van der Waals surface area (Å²) in [6.45, 7) is 0. The summed E-state index contributed by atoms with van der Waals surface area (Å²) in [7, 11) is 0. The highest BCUT2D eigenvalue weighted by atomic mass is 127. The second-order valence-corrected chi connectivity index (χ2v) is 5.53. The highest BCUT2D eigenvalue weighted by Gasteiger charge is 2.22. The van der Waals surface area contributed by atoms with Crippen molar-refractivity contribution >= 4 is 51.0 Å². The maximum atomic E-state index is 14.4. The van der Waals surface area contributed by atoms with Crippen LogP contribution >= 0.6 is 22.6 Å². The number of rotatable bonds is 3. The van der Waals surface area contributed by atoms with E-state index in [1.165, 1.54) is 12.1 Å². The Morgan fingerprint density at radius 3 is 2.77 bits per heavy atom. The fourth-order valence-electron chi connectivity index (χ4n) is 1.90. The van der Waals surface area contributed by atoms with Gasteiger partial charge in [-0.3, -0.25) is 0 Å². The van der Waals surface area contributed by atoms with Crippen molar-refractivity contribution in [3.8, 4) is 0 Å². The number of carbonyl (C=O) groups is 1. The summed E-state index contributed by atoms with van der Waals surface area (Å²) in [5, 5.41) is 18.3. The molecule has 0 bridgehead atoms. The van der Waals surface area contributed by atoms with E-state index in [2.05, 4.69) is 20.2 Å². The largest absolute Gasteiger partial charge is 0.478 e. The lowest BCUT2D eigenvalue weighted by atomic mass is 10.1. The molecule has 0 fully saturated rings. The van der Waals surface area contributed by atoms with Gasteiger partial charge in [-0.25, -0.2) is 13.6 Å². The van der Waals surface area contributed by atoms with Gasteiger partial charge in [-0.15, -0.1) is 5.10 Å². The molecule has 0 aliphatic rings. The first-order valence-electron chi connectivity index (χ1n) is 5.87. The van der Waals surface area contributed by atoms with E-state index in [-0.39, 0.29) is 16.8 Å². The Morgan fingerprint density at radius 1 is 1.32 bits per heavy atom. The van der Waals surface area contributed by atoms with Crippen molar-refractivity contribution in [1.82, 2.24) is 10.4 Å². The third-order valence-corrected chi connectivity index (χ3v) is 3.58. The molecule has 22 heavy (non-hydrogen) atoms. The lowest BCUT2D eigenvalue weighted by molar-refractivity contribution is 0.0697. The topological polar surface area (TPSA) is 88.2 Å². The molecule has 3 aromatic rings. The van der Waals surface area contributed by atoms with Gasteiger partial charge < -0.3 is 14.9 Å². The number of benzene rings is 2. The molecule has 1 aromatic heterocycles. The van der Waals surface area contributed by atoms with Crippen LogP contribution in [0.3, 0.4) is 0 Å². The number of hydrogen-bond donors (Lipinski definition) is 2. The number of nitrogens with zero attached hydrogens (tertiary/aromatic N) is 2. The van der Waals surface area contributed by atoms with E-state index in [0.717, 1.165) is 6.07 Å². The van der Waals surface area contributed by atoms with E-state index in [1.807, 2.05) is 22.6 Å². The van der Waals surface area contributed by atoms with Crippen molar-refractivity contribution in [2.75, 3.05) is 5.32 Å². The quantitative estimate of drug-likeness (QED) is 0.634. The van der Waals surface area contributed by atoms with Crippen LogP contribution in [0.2, 0.25) is 0 Å². The lowest BCUT2D eigenvalue weighted by Crippen LogP contribution is -2.06. The molecule has 2 N–H and O–H groups in total. The van der Waals surface area contributed by atoms with Gasteiger partial charge in [0.25, 0.3) is 0 Å². The molecule has 0 radical (unpaired) electrons. The fourth-order valence-corrected chi connectivity index (χ4v) is 2.35. The first kappa shape index (κ1) is 14.6. The number of halogens is 3. The van der Waals surface area contributed by atoms with Gasteiger partial charge in [-0.1, -0.05) is 0 Å². The van der Waals surface area contributed by atoms with Gasteiger partial charge in [-0.2, -0.15) is 0 Å². The summed E-state index contributed by atoms with van der Waals surface area (Å²) < 4.78 is 33.6. The van der Waals surface area contributed by atoms with E-state index in [9.17, 15) is 18.7 Å². The number of anilines is 2. The third-order valence-electron chi connectivity index (χ3n) is 2.91. The van der Waals surface area contributed by atoms with Crippen LogP contribution in [0.5, 0.6) is 0 Å². The Bertz CT molecular complexity index is 898. The highest BCUT2D eigenvalue weighted by molar-refractivity contribution is 14.1. The Labute approximate surface area is 135 Å². The van der Waals surface area contributed by atoms with Crippen molar-refractivity contribution in [3.05, 3.63) is 45.0 Å². The van der Waals surface area contributed by atoms with Gasteiger partial charge in [0, 0.05) is 14.9 Å². The van der Waals surface area contributed by atoms with Crippen LogP contribution in [0.15, 0.2) is 28.8 Å². The molecule has 0 atom stereocenters. The van der Waals surface area contributed by atoms with Crippen molar-refractivity contribution in [3.63, 3.8) is 0 Å². The minimum absolute atomic E-state index is 0.0578. The van der Waals surface area contributed by atoms with Crippen LogP contribution in [0.1, 0.15) is 10.4 Å². The number of hydrogen-bond acceptors (Lipinski definition) is 5. The summed E-state index contributed by atoms with van der Waals surface area (Å²) in [4.78, 5) is 11.3. The van der Waals surface area contributed by atoms with Gasteiger partial charge in [-0.05, 0) is 40.8 Å². The molecule has 6 nitrogen and oxygen atoms in total.